The van der Waals surface area contributed by atoms with Crippen LogP contribution in [0.5, 0.6) is 5.75 Å². The van der Waals surface area contributed by atoms with E-state index in [0.717, 1.165) is 0 Å². The first-order valence-corrected chi connectivity index (χ1v) is 3.81. The van der Waals surface area contributed by atoms with E-state index in [0.29, 0.717) is 5.75 Å². The highest BCUT2D eigenvalue weighted by atomic mass is 19.1. The van der Waals surface area contributed by atoms with Crippen LogP contribution in [0.1, 0.15) is 0 Å². The summed E-state index contributed by atoms with van der Waals surface area (Å²) in [6.07, 6.45) is 0. The van der Waals surface area contributed by atoms with E-state index in [9.17, 15) is 4.39 Å². The number of nitrogens with zero attached hydrogens (tertiary/aromatic N) is 1. The third-order valence-corrected chi connectivity index (χ3v) is 1.54. The number of hydrazine groups is 1. The van der Waals surface area contributed by atoms with Crippen molar-refractivity contribution in [3.63, 3.8) is 0 Å². The summed E-state index contributed by atoms with van der Waals surface area (Å²) in [7, 11) is 1.48. The third kappa shape index (κ3) is 2.33. The number of aliphatic imine (C=N–C) groups is 1. The molecular weight excluding hydrogens is 187 g/mol. The fourth-order valence-corrected chi connectivity index (χ4v) is 0.867. The van der Waals surface area contributed by atoms with Crippen molar-refractivity contribution in [3.05, 3.63) is 24.0 Å². The second-order valence-corrected chi connectivity index (χ2v) is 2.46. The van der Waals surface area contributed by atoms with Gasteiger partial charge >= 0.3 is 0 Å². The van der Waals surface area contributed by atoms with Crippen molar-refractivity contribution in [1.29, 1.82) is 0 Å². The Labute approximate surface area is 80.5 Å². The first-order valence-electron chi connectivity index (χ1n) is 3.81. The van der Waals surface area contributed by atoms with Crippen LogP contribution in [0, 0.1) is 5.82 Å². The first-order chi connectivity index (χ1) is 6.67. The van der Waals surface area contributed by atoms with Gasteiger partial charge in [0, 0.05) is 6.07 Å². The van der Waals surface area contributed by atoms with Crippen molar-refractivity contribution in [2.45, 2.75) is 0 Å². The summed E-state index contributed by atoms with van der Waals surface area (Å²) in [5.74, 6) is 4.91. The molecule has 1 rings (SSSR count). The summed E-state index contributed by atoms with van der Waals surface area (Å²) in [5.41, 5.74) is 7.44. The maximum Gasteiger partial charge on any atom is 0.208 e. The fourth-order valence-electron chi connectivity index (χ4n) is 0.867. The molecule has 0 aromatic heterocycles. The molecule has 0 spiro atoms. The number of benzene rings is 1. The molecule has 5 nitrogen and oxygen atoms in total. The topological polar surface area (TPSA) is 85.7 Å². The number of methoxy groups -OCH3 is 1. The number of halogens is 1. The van der Waals surface area contributed by atoms with Gasteiger partial charge in [0.05, 0.1) is 7.11 Å². The summed E-state index contributed by atoms with van der Waals surface area (Å²) in [4.78, 5) is 3.69. The molecule has 5 N–H and O–H groups in total. The van der Waals surface area contributed by atoms with Gasteiger partial charge < -0.3 is 10.5 Å². The maximum absolute atomic E-state index is 13.1. The smallest absolute Gasteiger partial charge is 0.208 e. The fraction of sp³-hybridized carbons (Fsp3) is 0.125. The first kappa shape index (κ1) is 10.3. The Morgan fingerprint density at radius 1 is 1.57 bits per heavy atom. The lowest BCUT2D eigenvalue weighted by atomic mass is 10.3. The third-order valence-electron chi connectivity index (χ3n) is 1.54. The van der Waals surface area contributed by atoms with E-state index < -0.39 is 5.82 Å². The van der Waals surface area contributed by atoms with E-state index in [1.807, 2.05) is 0 Å². The predicted octanol–water partition coefficient (Wildman–Crippen LogP) is 0.244. The Hall–Kier alpha value is -1.82. The van der Waals surface area contributed by atoms with Crippen LogP contribution in [0.15, 0.2) is 23.2 Å². The number of nitrogens with two attached hydrogens (primary N) is 2. The summed E-state index contributed by atoms with van der Waals surface area (Å²) < 4.78 is 18.0. The van der Waals surface area contributed by atoms with Crippen molar-refractivity contribution < 1.29 is 9.13 Å². The maximum atomic E-state index is 13.1. The zero-order chi connectivity index (χ0) is 10.6. The largest absolute Gasteiger partial charge is 0.497 e. The highest BCUT2D eigenvalue weighted by Crippen LogP contribution is 2.23. The van der Waals surface area contributed by atoms with Gasteiger partial charge in [-0.05, 0) is 12.1 Å². The molecule has 0 fully saturated rings. The van der Waals surface area contributed by atoms with Gasteiger partial charge in [0.2, 0.25) is 5.96 Å². The molecule has 14 heavy (non-hydrogen) atoms. The molecule has 0 radical (unpaired) electrons. The van der Waals surface area contributed by atoms with Crippen LogP contribution in [0.3, 0.4) is 0 Å². The van der Waals surface area contributed by atoms with Crippen LogP contribution in [0.4, 0.5) is 10.1 Å². The van der Waals surface area contributed by atoms with E-state index >= 15 is 0 Å². The van der Waals surface area contributed by atoms with Crippen LogP contribution < -0.4 is 21.7 Å². The van der Waals surface area contributed by atoms with Crippen LogP contribution >= 0.6 is 0 Å². The van der Waals surface area contributed by atoms with Gasteiger partial charge in [0.25, 0.3) is 0 Å². The average molecular weight is 198 g/mol. The standard InChI is InChI=1S/C8H11FN4O/c1-14-5-2-3-6(9)7(4-5)12-8(10)13-11/h2-4H,11H2,1H3,(H3,10,12,13). The molecule has 1 aromatic rings. The molecule has 0 aliphatic carbocycles. The lowest BCUT2D eigenvalue weighted by molar-refractivity contribution is 0.414. The summed E-state index contributed by atoms with van der Waals surface area (Å²) in [6.45, 7) is 0. The lowest BCUT2D eigenvalue weighted by Crippen LogP contribution is -2.36. The number of ether oxygens (including phenoxy) is 1. The van der Waals surface area contributed by atoms with Crippen molar-refractivity contribution in [2.24, 2.45) is 16.6 Å². The number of hydrogen-bond acceptors (Lipinski definition) is 3. The molecule has 0 aliphatic rings. The monoisotopic (exact) mass is 198 g/mol. The predicted molar refractivity (Wildman–Crippen MR) is 51.6 cm³/mol. The molecular formula is C8H11FN4O. The number of nitrogens with one attached hydrogen (secondary N) is 1. The van der Waals surface area contributed by atoms with Crippen LogP contribution in [-0.2, 0) is 0 Å². The van der Waals surface area contributed by atoms with Gasteiger partial charge in [0.15, 0.2) is 0 Å². The summed E-state index contributed by atoms with van der Waals surface area (Å²) in [5, 5.41) is 0. The second kappa shape index (κ2) is 4.43. The van der Waals surface area contributed by atoms with E-state index in [4.69, 9.17) is 16.3 Å². The normalized spacial score (nSPS) is 11.2. The lowest BCUT2D eigenvalue weighted by Gasteiger charge is -2.03. The molecule has 0 atom stereocenters. The van der Waals surface area contributed by atoms with Crippen molar-refractivity contribution >= 4 is 11.6 Å². The Kier molecular flexibility index (Phi) is 3.24. The molecule has 0 amide bonds. The minimum absolute atomic E-state index is 0.0693. The average Bonchev–Trinajstić information content (AvgIpc) is 2.21. The van der Waals surface area contributed by atoms with Gasteiger partial charge in [-0.15, -0.1) is 0 Å². The van der Waals surface area contributed by atoms with Crippen LogP contribution in [-0.4, -0.2) is 13.1 Å². The Morgan fingerprint density at radius 2 is 2.29 bits per heavy atom. The van der Waals surface area contributed by atoms with Crippen LogP contribution in [0.25, 0.3) is 0 Å². The van der Waals surface area contributed by atoms with E-state index in [1.54, 1.807) is 0 Å². The highest BCUT2D eigenvalue weighted by Gasteiger charge is 2.02. The zero-order valence-electron chi connectivity index (χ0n) is 7.62. The minimum Gasteiger partial charge on any atom is -0.497 e. The molecule has 0 heterocycles. The van der Waals surface area contributed by atoms with Gasteiger partial charge in [-0.25, -0.2) is 15.2 Å². The number of hydrogen-bond donors (Lipinski definition) is 3. The minimum atomic E-state index is -0.496. The molecule has 0 saturated heterocycles. The Balaban J connectivity index is 3.06. The molecule has 6 heteroatoms. The summed E-state index contributed by atoms with van der Waals surface area (Å²) >= 11 is 0. The van der Waals surface area contributed by atoms with Gasteiger partial charge in [-0.1, -0.05) is 0 Å². The van der Waals surface area contributed by atoms with Gasteiger partial charge in [0.1, 0.15) is 17.3 Å². The second-order valence-electron chi connectivity index (χ2n) is 2.46. The SMILES string of the molecule is COc1ccc(F)c(N=C(N)NN)c1. The quantitative estimate of drug-likeness (QED) is 0.275. The molecule has 76 valence electrons. The number of rotatable bonds is 2. The molecule has 0 saturated carbocycles. The van der Waals surface area contributed by atoms with E-state index in [2.05, 4.69) is 10.4 Å². The van der Waals surface area contributed by atoms with E-state index in [-0.39, 0.29) is 11.6 Å². The highest BCUT2D eigenvalue weighted by molar-refractivity contribution is 5.80. The molecule has 0 bridgehead atoms. The van der Waals surface area contributed by atoms with E-state index in [1.165, 1.54) is 25.3 Å². The molecule has 1 aromatic carbocycles. The van der Waals surface area contributed by atoms with Gasteiger partial charge in [-0.2, -0.15) is 0 Å². The van der Waals surface area contributed by atoms with Crippen LogP contribution in [0.2, 0.25) is 0 Å². The Morgan fingerprint density at radius 3 is 2.86 bits per heavy atom. The van der Waals surface area contributed by atoms with Gasteiger partial charge in [-0.3, -0.25) is 5.43 Å². The Bertz CT molecular complexity index is 353. The van der Waals surface area contributed by atoms with Crippen molar-refractivity contribution in [2.75, 3.05) is 7.11 Å². The van der Waals surface area contributed by atoms with Crippen molar-refractivity contribution in [3.8, 4) is 5.75 Å². The van der Waals surface area contributed by atoms with Crippen molar-refractivity contribution in [1.82, 2.24) is 5.43 Å². The molecule has 0 unspecified atom stereocenters. The number of guanidine groups is 1. The zero-order valence-corrected chi connectivity index (χ0v) is 7.62. The molecule has 0 aliphatic heterocycles. The summed E-state index contributed by atoms with van der Waals surface area (Å²) in [6, 6.07) is 4.14.